The van der Waals surface area contributed by atoms with Crippen molar-refractivity contribution >= 4 is 62.3 Å². The highest BCUT2D eigenvalue weighted by Gasteiger charge is 2.35. The van der Waals surface area contributed by atoms with Crippen LogP contribution in [0.25, 0.3) is 0 Å². The number of benzene rings is 4. The van der Waals surface area contributed by atoms with E-state index in [2.05, 4.69) is 5.32 Å². The number of hydrogen-bond acceptors (Lipinski definition) is 4. The number of sulfonamides is 1. The third-order valence-electron chi connectivity index (χ3n) is 6.92. The predicted octanol–water partition coefficient (Wildman–Crippen LogP) is 7.01. The molecular formula is C33H32Cl3N3O4S. The number of nitrogens with zero attached hydrogens (tertiary/aromatic N) is 2. The van der Waals surface area contributed by atoms with Crippen molar-refractivity contribution in [2.24, 2.45) is 0 Å². The Hall–Kier alpha value is -3.56. The first kappa shape index (κ1) is 33.3. The van der Waals surface area contributed by atoms with Gasteiger partial charge in [-0.2, -0.15) is 0 Å². The van der Waals surface area contributed by atoms with Gasteiger partial charge >= 0.3 is 0 Å². The smallest absolute Gasteiger partial charge is 0.264 e. The fraction of sp³-hybridized carbons (Fsp3) is 0.212. The van der Waals surface area contributed by atoms with Crippen LogP contribution in [0.4, 0.5) is 5.69 Å². The summed E-state index contributed by atoms with van der Waals surface area (Å²) in [6.07, 6.45) is 0.896. The van der Waals surface area contributed by atoms with Crippen molar-refractivity contribution in [3.05, 3.63) is 129 Å². The molecular weight excluding hydrogens is 641 g/mol. The minimum absolute atomic E-state index is 0.0157. The van der Waals surface area contributed by atoms with Gasteiger partial charge in [0.05, 0.1) is 20.6 Å². The van der Waals surface area contributed by atoms with Crippen LogP contribution in [0.1, 0.15) is 24.5 Å². The standard InChI is InChI=1S/C33H32Cl3N3O4S/c1-2-19-37-33(41)31(20-24-11-5-3-6-12-24)38(22-25-13-9-10-16-28(25)34)32(40)23-39(26-17-18-29(35)30(36)21-26)44(42,43)27-14-7-4-8-15-27/h3-18,21,31H,2,19-20,22-23H2,1H3,(H,37,41)/t31-/m0/s1. The lowest BCUT2D eigenvalue weighted by Crippen LogP contribution is -2.53. The zero-order valence-corrected chi connectivity index (χ0v) is 27.1. The first-order chi connectivity index (χ1) is 21.1. The number of amides is 2. The monoisotopic (exact) mass is 671 g/mol. The molecule has 4 rings (SSSR count). The zero-order chi connectivity index (χ0) is 31.7. The number of carbonyl (C=O) groups excluding carboxylic acids is 2. The molecule has 2 amide bonds. The van der Waals surface area contributed by atoms with Crippen LogP contribution in [0.5, 0.6) is 0 Å². The second-order valence-electron chi connectivity index (χ2n) is 10.0. The van der Waals surface area contributed by atoms with Crippen molar-refractivity contribution in [2.45, 2.75) is 37.2 Å². The molecule has 0 radical (unpaired) electrons. The fourth-order valence-corrected chi connectivity index (χ4v) is 6.53. The highest BCUT2D eigenvalue weighted by Crippen LogP contribution is 2.31. The molecule has 0 aromatic heterocycles. The summed E-state index contributed by atoms with van der Waals surface area (Å²) in [4.78, 5) is 29.5. The lowest BCUT2D eigenvalue weighted by atomic mass is 10.0. The molecule has 0 unspecified atom stereocenters. The third-order valence-corrected chi connectivity index (χ3v) is 9.82. The van der Waals surface area contributed by atoms with Crippen LogP contribution < -0.4 is 9.62 Å². The first-order valence-electron chi connectivity index (χ1n) is 14.0. The summed E-state index contributed by atoms with van der Waals surface area (Å²) < 4.78 is 29.0. The Morgan fingerprint density at radius 1 is 0.795 bits per heavy atom. The summed E-state index contributed by atoms with van der Waals surface area (Å²) in [7, 11) is -4.25. The molecule has 0 spiro atoms. The number of anilines is 1. The summed E-state index contributed by atoms with van der Waals surface area (Å²) in [5.41, 5.74) is 1.58. The maximum Gasteiger partial charge on any atom is 0.264 e. The molecule has 0 saturated heterocycles. The third kappa shape index (κ3) is 8.33. The fourth-order valence-electron chi connectivity index (χ4n) is 4.62. The number of rotatable bonds is 13. The highest BCUT2D eigenvalue weighted by molar-refractivity contribution is 7.92. The summed E-state index contributed by atoms with van der Waals surface area (Å²) in [6, 6.07) is 27.5. The van der Waals surface area contributed by atoms with Crippen LogP contribution in [0, 0.1) is 0 Å². The molecule has 0 aliphatic rings. The Morgan fingerprint density at radius 2 is 1.43 bits per heavy atom. The summed E-state index contributed by atoms with van der Waals surface area (Å²) in [6.45, 7) is 1.70. The van der Waals surface area contributed by atoms with Gasteiger partial charge in [-0.05, 0) is 53.9 Å². The minimum atomic E-state index is -4.25. The summed E-state index contributed by atoms with van der Waals surface area (Å²) in [5.74, 6) is -0.966. The van der Waals surface area contributed by atoms with Crippen molar-refractivity contribution in [3.8, 4) is 0 Å². The Kier molecular flexibility index (Phi) is 11.7. The van der Waals surface area contributed by atoms with Crippen LogP contribution in [0.2, 0.25) is 15.1 Å². The van der Waals surface area contributed by atoms with E-state index in [1.54, 1.807) is 42.5 Å². The number of nitrogens with one attached hydrogen (secondary N) is 1. The van der Waals surface area contributed by atoms with E-state index in [4.69, 9.17) is 34.8 Å². The van der Waals surface area contributed by atoms with E-state index >= 15 is 0 Å². The van der Waals surface area contributed by atoms with Crippen LogP contribution >= 0.6 is 34.8 Å². The molecule has 7 nitrogen and oxygen atoms in total. The SMILES string of the molecule is CCCNC(=O)[C@H](Cc1ccccc1)N(Cc1ccccc1Cl)C(=O)CN(c1ccc(Cl)c(Cl)c1)S(=O)(=O)c1ccccc1. The first-order valence-corrected chi connectivity index (χ1v) is 16.6. The average molecular weight is 673 g/mol. The molecule has 0 bridgehead atoms. The van der Waals surface area contributed by atoms with Crippen molar-refractivity contribution < 1.29 is 18.0 Å². The van der Waals surface area contributed by atoms with Gasteiger partial charge < -0.3 is 10.2 Å². The molecule has 44 heavy (non-hydrogen) atoms. The molecule has 0 saturated carbocycles. The molecule has 0 heterocycles. The van der Waals surface area contributed by atoms with Crippen molar-refractivity contribution in [2.75, 3.05) is 17.4 Å². The zero-order valence-electron chi connectivity index (χ0n) is 24.0. The van der Waals surface area contributed by atoms with Gasteiger partial charge in [0.25, 0.3) is 10.0 Å². The number of carbonyl (C=O) groups is 2. The largest absolute Gasteiger partial charge is 0.354 e. The van der Waals surface area contributed by atoms with E-state index in [0.29, 0.717) is 23.6 Å². The average Bonchev–Trinajstić information content (AvgIpc) is 3.03. The van der Waals surface area contributed by atoms with Crippen molar-refractivity contribution in [1.82, 2.24) is 10.2 Å². The molecule has 1 atom stereocenters. The molecule has 1 N–H and O–H groups in total. The van der Waals surface area contributed by atoms with E-state index in [-0.39, 0.29) is 39.5 Å². The summed E-state index contributed by atoms with van der Waals surface area (Å²) in [5, 5.41) is 3.68. The molecule has 4 aromatic carbocycles. The maximum atomic E-state index is 14.4. The van der Waals surface area contributed by atoms with Gasteiger partial charge in [0.15, 0.2) is 0 Å². The van der Waals surface area contributed by atoms with E-state index in [1.165, 1.54) is 35.2 Å². The highest BCUT2D eigenvalue weighted by atomic mass is 35.5. The van der Waals surface area contributed by atoms with Gasteiger partial charge in [0.2, 0.25) is 11.8 Å². The molecule has 11 heteroatoms. The Morgan fingerprint density at radius 3 is 2.07 bits per heavy atom. The number of hydrogen-bond donors (Lipinski definition) is 1. The predicted molar refractivity (Wildman–Crippen MR) is 177 cm³/mol. The lowest BCUT2D eigenvalue weighted by molar-refractivity contribution is -0.140. The lowest BCUT2D eigenvalue weighted by Gasteiger charge is -2.34. The van der Waals surface area contributed by atoms with Crippen LogP contribution in [-0.4, -0.2) is 44.3 Å². The van der Waals surface area contributed by atoms with Gasteiger partial charge in [0, 0.05) is 24.5 Å². The van der Waals surface area contributed by atoms with Gasteiger partial charge in [-0.3, -0.25) is 13.9 Å². The molecule has 230 valence electrons. The van der Waals surface area contributed by atoms with Gasteiger partial charge in [-0.15, -0.1) is 0 Å². The van der Waals surface area contributed by atoms with Crippen LogP contribution in [-0.2, 0) is 32.6 Å². The quantitative estimate of drug-likeness (QED) is 0.166. The van der Waals surface area contributed by atoms with E-state index in [9.17, 15) is 18.0 Å². The van der Waals surface area contributed by atoms with Crippen molar-refractivity contribution in [1.29, 1.82) is 0 Å². The number of halogens is 3. The van der Waals surface area contributed by atoms with Gasteiger partial charge in [-0.25, -0.2) is 8.42 Å². The topological polar surface area (TPSA) is 86.8 Å². The Balaban J connectivity index is 1.81. The second-order valence-corrected chi connectivity index (χ2v) is 13.1. The van der Waals surface area contributed by atoms with Crippen LogP contribution in [0.3, 0.4) is 0 Å². The van der Waals surface area contributed by atoms with E-state index in [1.807, 2.05) is 37.3 Å². The minimum Gasteiger partial charge on any atom is -0.354 e. The van der Waals surface area contributed by atoms with Crippen molar-refractivity contribution in [3.63, 3.8) is 0 Å². The van der Waals surface area contributed by atoms with Gasteiger partial charge in [-0.1, -0.05) is 108 Å². The molecule has 0 aliphatic carbocycles. The van der Waals surface area contributed by atoms with E-state index in [0.717, 1.165) is 9.87 Å². The Bertz CT molecular complexity index is 1690. The van der Waals surface area contributed by atoms with Gasteiger partial charge in [0.1, 0.15) is 12.6 Å². The molecule has 0 fully saturated rings. The second kappa shape index (κ2) is 15.4. The summed E-state index contributed by atoms with van der Waals surface area (Å²) >= 11 is 18.9. The maximum absolute atomic E-state index is 14.4. The van der Waals surface area contributed by atoms with E-state index < -0.39 is 28.5 Å². The molecule has 4 aromatic rings. The van der Waals surface area contributed by atoms with Crippen LogP contribution in [0.15, 0.2) is 108 Å². The molecule has 0 aliphatic heterocycles. The Labute approximate surface area is 273 Å². The normalized spacial score (nSPS) is 11.9.